The number of nitrogens with two attached hydrogens (primary N) is 1. The van der Waals surface area contributed by atoms with Crippen molar-refractivity contribution in [3.05, 3.63) is 33.8 Å². The van der Waals surface area contributed by atoms with Gasteiger partial charge in [-0.2, -0.15) is 0 Å². The maximum absolute atomic E-state index is 13.4. The molecule has 76 valence electrons. The second-order valence-electron chi connectivity index (χ2n) is 3.65. The molecule has 1 nitrogen and oxygen atoms in total. The summed E-state index contributed by atoms with van der Waals surface area (Å²) in [6, 6.07) is 2.00. The van der Waals surface area contributed by atoms with Crippen molar-refractivity contribution in [3.63, 3.8) is 0 Å². The molecule has 4 heteroatoms. The van der Waals surface area contributed by atoms with Gasteiger partial charge in [-0.25, -0.2) is 8.78 Å². The van der Waals surface area contributed by atoms with E-state index in [1.165, 1.54) is 12.1 Å². The highest BCUT2D eigenvalue weighted by Gasteiger charge is 2.32. The average Bonchev–Trinajstić information content (AvgIpc) is 2.83. The molecular weight excluding hydrogens is 252 g/mol. The SMILES string of the molecule is N[C@H](c1c(F)cc(Br)cc1F)C1CC1. The van der Waals surface area contributed by atoms with Crippen molar-refractivity contribution in [3.8, 4) is 0 Å². The summed E-state index contributed by atoms with van der Waals surface area (Å²) >= 11 is 3.03. The molecule has 2 N–H and O–H groups in total. The van der Waals surface area contributed by atoms with Crippen LogP contribution in [0.15, 0.2) is 16.6 Å². The Hall–Kier alpha value is -0.480. The molecule has 0 heterocycles. The first kappa shape index (κ1) is 10.1. The normalized spacial score (nSPS) is 18.3. The summed E-state index contributed by atoms with van der Waals surface area (Å²) < 4.78 is 27.2. The van der Waals surface area contributed by atoms with Crippen molar-refractivity contribution in [1.82, 2.24) is 0 Å². The first-order chi connectivity index (χ1) is 6.59. The summed E-state index contributed by atoms with van der Waals surface area (Å²) in [5.41, 5.74) is 5.78. The Balaban J connectivity index is 2.40. The molecule has 0 bridgehead atoms. The van der Waals surface area contributed by atoms with E-state index in [1.807, 2.05) is 0 Å². The lowest BCUT2D eigenvalue weighted by molar-refractivity contribution is 0.502. The van der Waals surface area contributed by atoms with Crippen LogP contribution in [0.1, 0.15) is 24.4 Å². The van der Waals surface area contributed by atoms with E-state index in [0.29, 0.717) is 4.47 Å². The van der Waals surface area contributed by atoms with Gasteiger partial charge in [0.25, 0.3) is 0 Å². The number of benzene rings is 1. The molecule has 0 aliphatic heterocycles. The highest BCUT2D eigenvalue weighted by atomic mass is 79.9. The van der Waals surface area contributed by atoms with Crippen molar-refractivity contribution < 1.29 is 8.78 Å². The molecule has 1 aromatic rings. The van der Waals surface area contributed by atoms with Gasteiger partial charge in [-0.1, -0.05) is 15.9 Å². The van der Waals surface area contributed by atoms with Gasteiger partial charge < -0.3 is 5.73 Å². The van der Waals surface area contributed by atoms with Gasteiger partial charge >= 0.3 is 0 Å². The fourth-order valence-electron chi connectivity index (χ4n) is 1.56. The Morgan fingerprint density at radius 3 is 2.21 bits per heavy atom. The first-order valence-corrected chi connectivity index (χ1v) is 5.29. The van der Waals surface area contributed by atoms with Crippen LogP contribution in [0, 0.1) is 17.6 Å². The summed E-state index contributed by atoms with van der Waals surface area (Å²) in [5, 5.41) is 0. The van der Waals surface area contributed by atoms with E-state index < -0.39 is 17.7 Å². The average molecular weight is 262 g/mol. The Labute approximate surface area is 89.4 Å². The van der Waals surface area contributed by atoms with E-state index in [9.17, 15) is 8.78 Å². The van der Waals surface area contributed by atoms with Gasteiger partial charge in [0.05, 0.1) is 0 Å². The zero-order chi connectivity index (χ0) is 10.3. The fraction of sp³-hybridized carbons (Fsp3) is 0.400. The minimum atomic E-state index is -0.559. The Kier molecular flexibility index (Phi) is 2.58. The molecule has 0 radical (unpaired) electrons. The van der Waals surface area contributed by atoms with E-state index in [-0.39, 0.29) is 11.5 Å². The summed E-state index contributed by atoms with van der Waals surface area (Å²) in [5.74, 6) is -0.868. The van der Waals surface area contributed by atoms with Gasteiger partial charge in [0.1, 0.15) is 11.6 Å². The third-order valence-corrected chi connectivity index (χ3v) is 2.96. The van der Waals surface area contributed by atoms with Gasteiger partial charge in [-0.15, -0.1) is 0 Å². The van der Waals surface area contributed by atoms with Crippen LogP contribution in [0.25, 0.3) is 0 Å². The molecule has 2 rings (SSSR count). The van der Waals surface area contributed by atoms with Crippen LogP contribution in [0.5, 0.6) is 0 Å². The topological polar surface area (TPSA) is 26.0 Å². The lowest BCUT2D eigenvalue weighted by Gasteiger charge is -2.13. The second kappa shape index (κ2) is 3.59. The lowest BCUT2D eigenvalue weighted by Crippen LogP contribution is -2.16. The molecule has 0 unspecified atom stereocenters. The van der Waals surface area contributed by atoms with Crippen LogP contribution in [-0.2, 0) is 0 Å². The van der Waals surface area contributed by atoms with E-state index in [1.54, 1.807) is 0 Å². The molecule has 0 saturated heterocycles. The molecule has 1 fully saturated rings. The Morgan fingerprint density at radius 2 is 1.79 bits per heavy atom. The number of hydrogen-bond donors (Lipinski definition) is 1. The van der Waals surface area contributed by atoms with E-state index in [2.05, 4.69) is 15.9 Å². The van der Waals surface area contributed by atoms with Crippen LogP contribution in [0.4, 0.5) is 8.78 Å². The summed E-state index contributed by atoms with van der Waals surface area (Å²) in [6.45, 7) is 0. The third-order valence-electron chi connectivity index (χ3n) is 2.51. The zero-order valence-electron chi connectivity index (χ0n) is 7.43. The first-order valence-electron chi connectivity index (χ1n) is 4.49. The highest BCUT2D eigenvalue weighted by Crippen LogP contribution is 2.41. The van der Waals surface area contributed by atoms with Crippen molar-refractivity contribution in [2.45, 2.75) is 18.9 Å². The molecule has 1 atom stereocenters. The van der Waals surface area contributed by atoms with Crippen molar-refractivity contribution in [2.75, 3.05) is 0 Å². The van der Waals surface area contributed by atoms with Crippen LogP contribution in [0.2, 0.25) is 0 Å². The summed E-state index contributed by atoms with van der Waals surface area (Å²) in [6.07, 6.45) is 1.94. The fourth-order valence-corrected chi connectivity index (χ4v) is 1.96. The monoisotopic (exact) mass is 261 g/mol. The van der Waals surface area contributed by atoms with Gasteiger partial charge in [-0.05, 0) is 30.9 Å². The Bertz CT molecular complexity index is 340. The quantitative estimate of drug-likeness (QED) is 0.870. The van der Waals surface area contributed by atoms with Crippen LogP contribution in [-0.4, -0.2) is 0 Å². The van der Waals surface area contributed by atoms with Crippen LogP contribution < -0.4 is 5.73 Å². The number of rotatable bonds is 2. The molecule has 0 spiro atoms. The van der Waals surface area contributed by atoms with Gasteiger partial charge in [0, 0.05) is 16.1 Å². The molecule has 0 amide bonds. The maximum Gasteiger partial charge on any atom is 0.132 e. The molecule has 14 heavy (non-hydrogen) atoms. The van der Waals surface area contributed by atoms with E-state index in [4.69, 9.17) is 5.73 Å². The summed E-state index contributed by atoms with van der Waals surface area (Å²) in [4.78, 5) is 0. The van der Waals surface area contributed by atoms with E-state index in [0.717, 1.165) is 12.8 Å². The maximum atomic E-state index is 13.4. The second-order valence-corrected chi connectivity index (χ2v) is 4.56. The molecular formula is C10H10BrF2N. The standard InChI is InChI=1S/C10H10BrF2N/c11-6-3-7(12)9(8(13)4-6)10(14)5-1-2-5/h3-5,10H,1-2,14H2/t10-/m0/s1. The molecule has 1 saturated carbocycles. The summed E-state index contributed by atoms with van der Waals surface area (Å²) in [7, 11) is 0. The minimum Gasteiger partial charge on any atom is -0.324 e. The number of hydrogen-bond acceptors (Lipinski definition) is 1. The third kappa shape index (κ3) is 1.81. The highest BCUT2D eigenvalue weighted by molar-refractivity contribution is 9.10. The van der Waals surface area contributed by atoms with Gasteiger partial charge in [0.2, 0.25) is 0 Å². The zero-order valence-corrected chi connectivity index (χ0v) is 9.02. The molecule has 1 aromatic carbocycles. The van der Waals surface area contributed by atoms with Crippen molar-refractivity contribution >= 4 is 15.9 Å². The minimum absolute atomic E-state index is 0.0238. The molecule has 0 aromatic heterocycles. The predicted molar refractivity (Wildman–Crippen MR) is 53.7 cm³/mol. The van der Waals surface area contributed by atoms with Crippen molar-refractivity contribution in [2.24, 2.45) is 11.7 Å². The largest absolute Gasteiger partial charge is 0.324 e. The van der Waals surface area contributed by atoms with Crippen LogP contribution in [0.3, 0.4) is 0 Å². The van der Waals surface area contributed by atoms with Gasteiger partial charge in [-0.3, -0.25) is 0 Å². The van der Waals surface area contributed by atoms with Crippen LogP contribution >= 0.6 is 15.9 Å². The van der Waals surface area contributed by atoms with E-state index >= 15 is 0 Å². The molecule has 1 aliphatic carbocycles. The van der Waals surface area contributed by atoms with Crippen molar-refractivity contribution in [1.29, 1.82) is 0 Å². The predicted octanol–water partition coefficient (Wildman–Crippen LogP) is 3.14. The van der Waals surface area contributed by atoms with Gasteiger partial charge in [0.15, 0.2) is 0 Å². The smallest absolute Gasteiger partial charge is 0.132 e. The number of halogens is 3. The Morgan fingerprint density at radius 1 is 1.29 bits per heavy atom. The lowest BCUT2D eigenvalue weighted by atomic mass is 10.0. The molecule has 1 aliphatic rings.